The van der Waals surface area contributed by atoms with Crippen LogP contribution in [0.4, 0.5) is 0 Å². The second kappa shape index (κ2) is 6.56. The Morgan fingerprint density at radius 1 is 1.53 bits per heavy atom. The number of rotatable bonds is 4. The lowest BCUT2D eigenvalue weighted by atomic mass is 9.65. The van der Waals surface area contributed by atoms with E-state index in [1.54, 1.807) is 0 Å². The molecule has 1 aliphatic carbocycles. The third-order valence-electron chi connectivity index (χ3n) is 4.17. The van der Waals surface area contributed by atoms with E-state index in [4.69, 9.17) is 0 Å². The van der Waals surface area contributed by atoms with E-state index in [9.17, 15) is 0 Å². The van der Waals surface area contributed by atoms with Gasteiger partial charge in [0.25, 0.3) is 0 Å². The zero-order valence-corrected chi connectivity index (χ0v) is 14.4. The van der Waals surface area contributed by atoms with Gasteiger partial charge in [-0.25, -0.2) is 0 Å². The summed E-state index contributed by atoms with van der Waals surface area (Å²) in [5.41, 5.74) is 3.28. The highest BCUT2D eigenvalue weighted by atomic mass is 79.9. The Labute approximate surface area is 123 Å². The molecule has 0 aromatic heterocycles. The molecule has 0 aliphatic heterocycles. The first kappa shape index (κ1) is 15.5. The highest BCUT2D eigenvalue weighted by molar-refractivity contribution is 9.09. The fraction of sp³-hybridized carbons (Fsp3) is 0.733. The van der Waals surface area contributed by atoms with Crippen LogP contribution >= 0.6 is 31.9 Å². The van der Waals surface area contributed by atoms with E-state index in [2.05, 4.69) is 65.3 Å². The quantitative estimate of drug-likeness (QED) is 0.433. The van der Waals surface area contributed by atoms with Crippen LogP contribution in [0, 0.1) is 11.3 Å². The molecule has 1 aliphatic rings. The molecule has 1 saturated carbocycles. The van der Waals surface area contributed by atoms with Gasteiger partial charge in [-0.15, -0.1) is 0 Å². The van der Waals surface area contributed by atoms with Crippen LogP contribution in [0.2, 0.25) is 0 Å². The van der Waals surface area contributed by atoms with Crippen molar-refractivity contribution in [3.63, 3.8) is 0 Å². The van der Waals surface area contributed by atoms with Crippen LogP contribution in [0.15, 0.2) is 23.8 Å². The van der Waals surface area contributed by atoms with Gasteiger partial charge in [-0.3, -0.25) is 0 Å². The van der Waals surface area contributed by atoms with Crippen molar-refractivity contribution in [2.45, 2.75) is 51.3 Å². The first-order valence-electron chi connectivity index (χ1n) is 6.43. The van der Waals surface area contributed by atoms with Gasteiger partial charge in [-0.2, -0.15) is 0 Å². The average Bonchev–Trinajstić information content (AvgIpc) is 2.24. The van der Waals surface area contributed by atoms with Crippen molar-refractivity contribution in [3.05, 3.63) is 23.8 Å². The molecule has 0 heterocycles. The maximum Gasteiger partial charge on any atom is 0.0214 e. The van der Waals surface area contributed by atoms with Crippen molar-refractivity contribution in [1.82, 2.24) is 0 Å². The number of alkyl halides is 2. The number of hydrogen-bond donors (Lipinski definition) is 0. The predicted molar refractivity (Wildman–Crippen MR) is 85.1 cm³/mol. The lowest BCUT2D eigenvalue weighted by Crippen LogP contribution is -2.38. The Balaban J connectivity index is 2.66. The summed E-state index contributed by atoms with van der Waals surface area (Å²) in [6, 6.07) is 0. The minimum absolute atomic E-state index is 0.337. The predicted octanol–water partition coefficient (Wildman–Crippen LogP) is 5.86. The molecular formula is C15H24Br2. The molecule has 2 atom stereocenters. The molecule has 0 aromatic rings. The van der Waals surface area contributed by atoms with Crippen LogP contribution < -0.4 is 0 Å². The second-order valence-electron chi connectivity index (χ2n) is 5.78. The van der Waals surface area contributed by atoms with Crippen molar-refractivity contribution < 1.29 is 0 Å². The summed E-state index contributed by atoms with van der Waals surface area (Å²) in [6.07, 6.45) is 7.12. The van der Waals surface area contributed by atoms with E-state index in [1.807, 2.05) is 0 Å². The van der Waals surface area contributed by atoms with Crippen molar-refractivity contribution >= 4 is 31.9 Å². The van der Waals surface area contributed by atoms with Crippen LogP contribution in [0.3, 0.4) is 0 Å². The number of allylic oxidation sites excluding steroid dienone is 3. The van der Waals surface area contributed by atoms with Crippen molar-refractivity contribution in [3.8, 4) is 0 Å². The SMILES string of the molecule is C=C1CCC(Br)C(C)(C)C1CC/C(C)=C/CBr. The van der Waals surface area contributed by atoms with E-state index in [0.29, 0.717) is 16.2 Å². The summed E-state index contributed by atoms with van der Waals surface area (Å²) in [6.45, 7) is 11.3. The molecule has 17 heavy (non-hydrogen) atoms. The van der Waals surface area contributed by atoms with E-state index in [0.717, 1.165) is 5.33 Å². The monoisotopic (exact) mass is 362 g/mol. The van der Waals surface area contributed by atoms with Gasteiger partial charge in [-0.05, 0) is 43.9 Å². The van der Waals surface area contributed by atoms with Gasteiger partial charge in [0.2, 0.25) is 0 Å². The van der Waals surface area contributed by atoms with Crippen LogP contribution in [0.25, 0.3) is 0 Å². The topological polar surface area (TPSA) is 0 Å². The first-order chi connectivity index (χ1) is 7.89. The molecule has 1 fully saturated rings. The third kappa shape index (κ3) is 3.96. The molecule has 0 aromatic carbocycles. The van der Waals surface area contributed by atoms with Gasteiger partial charge in [0, 0.05) is 10.2 Å². The molecule has 0 nitrogen and oxygen atoms in total. The highest BCUT2D eigenvalue weighted by Gasteiger charge is 2.40. The lowest BCUT2D eigenvalue weighted by Gasteiger charge is -2.44. The van der Waals surface area contributed by atoms with E-state index in [1.165, 1.54) is 36.8 Å². The summed E-state index contributed by atoms with van der Waals surface area (Å²) < 4.78 is 0. The molecule has 0 saturated heterocycles. The number of hydrogen-bond acceptors (Lipinski definition) is 0. The molecule has 0 bridgehead atoms. The van der Waals surface area contributed by atoms with Crippen molar-refractivity contribution in [2.24, 2.45) is 11.3 Å². The van der Waals surface area contributed by atoms with Gasteiger partial charge in [0.1, 0.15) is 0 Å². The van der Waals surface area contributed by atoms with Crippen LogP contribution in [0.1, 0.15) is 46.5 Å². The summed E-state index contributed by atoms with van der Waals surface area (Å²) >= 11 is 7.31. The minimum Gasteiger partial charge on any atom is -0.0996 e. The maximum atomic E-state index is 4.30. The van der Waals surface area contributed by atoms with Gasteiger partial charge in [0.05, 0.1) is 0 Å². The van der Waals surface area contributed by atoms with Crippen molar-refractivity contribution in [2.75, 3.05) is 5.33 Å². The van der Waals surface area contributed by atoms with Crippen molar-refractivity contribution in [1.29, 1.82) is 0 Å². The summed E-state index contributed by atoms with van der Waals surface area (Å²) in [7, 11) is 0. The molecule has 2 heteroatoms. The maximum absolute atomic E-state index is 4.30. The molecule has 0 N–H and O–H groups in total. The lowest BCUT2D eigenvalue weighted by molar-refractivity contribution is 0.193. The summed E-state index contributed by atoms with van der Waals surface area (Å²) in [5.74, 6) is 0.652. The standard InChI is InChI=1S/C15H24Br2/c1-11(9-10-16)5-7-13-12(2)6-8-14(17)15(13,3)4/h9,13-14H,2,5-8,10H2,1,3-4H3/b11-9+. The Hall–Kier alpha value is 0.440. The van der Waals surface area contributed by atoms with Crippen LogP contribution in [-0.4, -0.2) is 10.2 Å². The normalized spacial score (nSPS) is 29.5. The Morgan fingerprint density at radius 3 is 2.76 bits per heavy atom. The highest BCUT2D eigenvalue weighted by Crippen LogP contribution is 2.48. The van der Waals surface area contributed by atoms with Crippen LogP contribution in [-0.2, 0) is 0 Å². The largest absolute Gasteiger partial charge is 0.0996 e. The van der Waals surface area contributed by atoms with Gasteiger partial charge < -0.3 is 0 Å². The average molecular weight is 364 g/mol. The Morgan fingerprint density at radius 2 is 2.18 bits per heavy atom. The first-order valence-corrected chi connectivity index (χ1v) is 8.46. The zero-order valence-electron chi connectivity index (χ0n) is 11.2. The smallest absolute Gasteiger partial charge is 0.0214 e. The van der Waals surface area contributed by atoms with Gasteiger partial charge in [-0.1, -0.05) is 69.5 Å². The fourth-order valence-electron chi connectivity index (χ4n) is 2.78. The van der Waals surface area contributed by atoms with E-state index in [-0.39, 0.29) is 0 Å². The summed E-state index contributed by atoms with van der Waals surface area (Å²) in [5, 5.41) is 0.967. The van der Waals surface area contributed by atoms with E-state index >= 15 is 0 Å². The molecule has 0 radical (unpaired) electrons. The van der Waals surface area contributed by atoms with Gasteiger partial charge in [0.15, 0.2) is 0 Å². The third-order valence-corrected chi connectivity index (χ3v) is 6.13. The molecular weight excluding hydrogens is 340 g/mol. The molecule has 1 rings (SSSR count). The van der Waals surface area contributed by atoms with Gasteiger partial charge >= 0.3 is 0 Å². The fourth-order valence-corrected chi connectivity index (χ4v) is 3.89. The summed E-state index contributed by atoms with van der Waals surface area (Å²) in [4.78, 5) is 0.631. The zero-order chi connectivity index (χ0) is 13.1. The number of halogens is 2. The Kier molecular flexibility index (Phi) is 5.98. The molecule has 0 amide bonds. The Bertz CT molecular complexity index is 302. The van der Waals surface area contributed by atoms with Crippen LogP contribution in [0.5, 0.6) is 0 Å². The molecule has 98 valence electrons. The second-order valence-corrected chi connectivity index (χ2v) is 7.53. The molecule has 0 spiro atoms. The molecule has 2 unspecified atom stereocenters. The minimum atomic E-state index is 0.337. The van der Waals surface area contributed by atoms with E-state index < -0.39 is 0 Å².